The quantitative estimate of drug-likeness (QED) is 0.718. The van der Waals surface area contributed by atoms with Gasteiger partial charge < -0.3 is 15.4 Å². The predicted molar refractivity (Wildman–Crippen MR) is 96.9 cm³/mol. The van der Waals surface area contributed by atoms with Crippen molar-refractivity contribution in [3.05, 3.63) is 0 Å². The van der Waals surface area contributed by atoms with E-state index in [4.69, 9.17) is 4.74 Å². The van der Waals surface area contributed by atoms with Gasteiger partial charge in [0.2, 0.25) is 0 Å². The maximum absolute atomic E-state index is 11.6. The fourth-order valence-electron chi connectivity index (χ4n) is 5.84. The molecule has 0 spiro atoms. The highest BCUT2D eigenvalue weighted by Gasteiger charge is 2.52. The second kappa shape index (κ2) is 6.86. The Kier molecular flexibility index (Phi) is 5.15. The van der Waals surface area contributed by atoms with Crippen molar-refractivity contribution in [3.8, 4) is 0 Å². The van der Waals surface area contributed by atoms with E-state index < -0.39 is 5.60 Å². The molecular weight excluding hydrogens is 300 g/mol. The topological polar surface area (TPSA) is 50.4 Å². The van der Waals surface area contributed by atoms with Crippen LogP contribution in [0.2, 0.25) is 0 Å². The van der Waals surface area contributed by atoms with Crippen LogP contribution in [0.1, 0.15) is 72.6 Å². The van der Waals surface area contributed by atoms with Crippen LogP contribution in [0.15, 0.2) is 0 Å². The Morgan fingerprint density at radius 3 is 2.12 bits per heavy atom. The Bertz CT molecular complexity index is 420. The molecule has 0 aromatic rings. The van der Waals surface area contributed by atoms with Crippen LogP contribution in [0.3, 0.4) is 0 Å². The number of rotatable bonds is 6. The van der Waals surface area contributed by atoms with Crippen molar-refractivity contribution >= 4 is 6.09 Å². The fraction of sp³-hybridized carbons (Fsp3) is 0.950. The number of hydrogen-bond acceptors (Lipinski definition) is 3. The lowest BCUT2D eigenvalue weighted by Gasteiger charge is -2.59. The van der Waals surface area contributed by atoms with Gasteiger partial charge in [0.1, 0.15) is 5.60 Å². The molecule has 1 atom stereocenters. The van der Waals surface area contributed by atoms with Gasteiger partial charge in [-0.3, -0.25) is 0 Å². The summed E-state index contributed by atoms with van der Waals surface area (Å²) in [5.41, 5.74) is 0.142. The highest BCUT2D eigenvalue weighted by molar-refractivity contribution is 5.67. The molecule has 24 heavy (non-hydrogen) atoms. The third-order valence-electron chi connectivity index (χ3n) is 6.48. The summed E-state index contributed by atoms with van der Waals surface area (Å²) < 4.78 is 5.26. The summed E-state index contributed by atoms with van der Waals surface area (Å²) >= 11 is 0. The number of nitrogens with one attached hydrogen (secondary N) is 2. The minimum atomic E-state index is -0.421. The maximum Gasteiger partial charge on any atom is 0.407 e. The Morgan fingerprint density at radius 2 is 1.62 bits per heavy atom. The van der Waals surface area contributed by atoms with E-state index in [9.17, 15) is 4.79 Å². The molecule has 4 rings (SSSR count). The highest BCUT2D eigenvalue weighted by atomic mass is 16.6. The van der Waals surface area contributed by atoms with Gasteiger partial charge in [0.25, 0.3) is 0 Å². The molecule has 1 amide bonds. The molecule has 2 N–H and O–H groups in total. The first-order chi connectivity index (χ1) is 11.3. The Balaban J connectivity index is 1.36. The first-order valence-corrected chi connectivity index (χ1v) is 9.96. The fourth-order valence-corrected chi connectivity index (χ4v) is 5.84. The Labute approximate surface area is 147 Å². The lowest BCUT2D eigenvalue weighted by atomic mass is 9.48. The van der Waals surface area contributed by atoms with E-state index in [0.717, 1.165) is 30.7 Å². The monoisotopic (exact) mass is 336 g/mol. The normalized spacial score (nSPS) is 35.8. The summed E-state index contributed by atoms with van der Waals surface area (Å²) in [6, 6.07) is 0.604. The number of alkyl carbamates (subject to hydrolysis) is 1. The molecule has 4 fully saturated rings. The molecular formula is C20H36N2O2. The zero-order chi connectivity index (χ0) is 17.4. The van der Waals surface area contributed by atoms with Crippen LogP contribution < -0.4 is 10.6 Å². The van der Waals surface area contributed by atoms with Crippen molar-refractivity contribution in [1.82, 2.24) is 10.6 Å². The van der Waals surface area contributed by atoms with Crippen LogP contribution in [0, 0.1) is 23.2 Å². The summed E-state index contributed by atoms with van der Waals surface area (Å²) in [7, 11) is 0. The summed E-state index contributed by atoms with van der Waals surface area (Å²) in [5, 5.41) is 6.62. The molecule has 0 aromatic carbocycles. The lowest BCUT2D eigenvalue weighted by molar-refractivity contribution is -0.0703. The molecule has 0 radical (unpaired) electrons. The first-order valence-electron chi connectivity index (χ1n) is 9.96. The van der Waals surface area contributed by atoms with Gasteiger partial charge in [-0.15, -0.1) is 0 Å². The molecule has 138 valence electrons. The van der Waals surface area contributed by atoms with Gasteiger partial charge in [0, 0.05) is 12.6 Å². The van der Waals surface area contributed by atoms with Crippen molar-refractivity contribution in [2.75, 3.05) is 13.1 Å². The largest absolute Gasteiger partial charge is 0.444 e. The van der Waals surface area contributed by atoms with E-state index >= 15 is 0 Å². The number of hydrogen-bond donors (Lipinski definition) is 2. The molecule has 0 aromatic heterocycles. The second-order valence-corrected chi connectivity index (χ2v) is 9.74. The smallest absolute Gasteiger partial charge is 0.407 e. The van der Waals surface area contributed by atoms with Crippen molar-refractivity contribution in [2.24, 2.45) is 23.2 Å². The van der Waals surface area contributed by atoms with E-state index in [1.807, 2.05) is 20.8 Å². The van der Waals surface area contributed by atoms with Crippen LogP contribution >= 0.6 is 0 Å². The Morgan fingerprint density at radius 1 is 1.08 bits per heavy atom. The van der Waals surface area contributed by atoms with Crippen molar-refractivity contribution in [1.29, 1.82) is 0 Å². The van der Waals surface area contributed by atoms with Gasteiger partial charge in [-0.1, -0.05) is 0 Å². The maximum atomic E-state index is 11.6. The number of ether oxygens (including phenoxy) is 1. The molecule has 4 nitrogen and oxygen atoms in total. The predicted octanol–water partition coefficient (Wildman–Crippen LogP) is 4.10. The van der Waals surface area contributed by atoms with E-state index in [0.29, 0.717) is 18.0 Å². The Hall–Kier alpha value is -0.770. The second-order valence-electron chi connectivity index (χ2n) is 9.74. The number of amides is 1. The van der Waals surface area contributed by atoms with Crippen molar-refractivity contribution < 1.29 is 9.53 Å². The van der Waals surface area contributed by atoms with E-state index in [2.05, 4.69) is 17.6 Å². The first kappa shape index (κ1) is 18.0. The van der Waals surface area contributed by atoms with E-state index in [1.54, 1.807) is 0 Å². The third-order valence-corrected chi connectivity index (χ3v) is 6.48. The van der Waals surface area contributed by atoms with Crippen LogP contribution in [0.4, 0.5) is 4.79 Å². The average Bonchev–Trinajstić information content (AvgIpc) is 2.43. The summed E-state index contributed by atoms with van der Waals surface area (Å²) in [6.45, 7) is 9.71. The van der Waals surface area contributed by atoms with Crippen LogP contribution in [0.25, 0.3) is 0 Å². The van der Waals surface area contributed by atoms with Crippen LogP contribution in [-0.2, 0) is 4.74 Å². The van der Waals surface area contributed by atoms with Crippen molar-refractivity contribution in [2.45, 2.75) is 84.3 Å². The summed E-state index contributed by atoms with van der Waals surface area (Å²) in [4.78, 5) is 11.6. The van der Waals surface area contributed by atoms with Gasteiger partial charge in [0.05, 0.1) is 0 Å². The summed E-state index contributed by atoms with van der Waals surface area (Å²) in [6.07, 6.45) is 9.51. The van der Waals surface area contributed by atoms with Gasteiger partial charge in [-0.2, -0.15) is 0 Å². The zero-order valence-electron chi connectivity index (χ0n) is 16.0. The molecule has 4 bridgehead atoms. The average molecular weight is 337 g/mol. The zero-order valence-corrected chi connectivity index (χ0v) is 16.0. The number of carbonyl (C=O) groups excluding carboxylic acids is 1. The lowest BCUT2D eigenvalue weighted by Crippen LogP contribution is -2.55. The highest BCUT2D eigenvalue weighted by Crippen LogP contribution is 2.61. The summed E-state index contributed by atoms with van der Waals surface area (Å²) in [5.74, 6) is 3.03. The molecule has 0 heterocycles. The van der Waals surface area contributed by atoms with Gasteiger partial charge in [-0.25, -0.2) is 4.79 Å². The minimum Gasteiger partial charge on any atom is -0.444 e. The molecule has 0 saturated heterocycles. The van der Waals surface area contributed by atoms with E-state index in [-0.39, 0.29) is 6.09 Å². The molecule has 4 aliphatic carbocycles. The van der Waals surface area contributed by atoms with Gasteiger partial charge >= 0.3 is 6.09 Å². The van der Waals surface area contributed by atoms with E-state index in [1.165, 1.54) is 38.5 Å². The third kappa shape index (κ3) is 4.25. The molecule has 4 saturated carbocycles. The van der Waals surface area contributed by atoms with Gasteiger partial charge in [0.15, 0.2) is 0 Å². The molecule has 0 aliphatic heterocycles. The van der Waals surface area contributed by atoms with Crippen LogP contribution in [0.5, 0.6) is 0 Å². The molecule has 4 heteroatoms. The molecule has 4 aliphatic rings. The standard InChI is InChI=1S/C20H36N2O2/c1-14(21-6-5-7-22-18(23)24-19(2,3)4)20-11-15-8-16(12-20)10-17(9-15)13-20/h14-17,21H,5-13H2,1-4H3,(H,22,23). The SMILES string of the molecule is CC(NCCCNC(=O)OC(C)(C)C)C12CC3CC(CC(C3)C1)C2. The van der Waals surface area contributed by atoms with Crippen molar-refractivity contribution in [3.63, 3.8) is 0 Å². The minimum absolute atomic E-state index is 0.309. The number of carbonyl (C=O) groups is 1. The van der Waals surface area contributed by atoms with Crippen LogP contribution in [-0.4, -0.2) is 30.8 Å². The molecule has 1 unspecified atom stereocenters. The van der Waals surface area contributed by atoms with Gasteiger partial charge in [-0.05, 0) is 102 Å².